The Kier molecular flexibility index (Phi) is 3.27. The molecule has 102 valence electrons. The van der Waals surface area contributed by atoms with Gasteiger partial charge in [0, 0.05) is 37.8 Å². The lowest BCUT2D eigenvalue weighted by molar-refractivity contribution is -0.136. The summed E-state index contributed by atoms with van der Waals surface area (Å²) in [6.07, 6.45) is 6.77. The summed E-state index contributed by atoms with van der Waals surface area (Å²) < 4.78 is 0. The summed E-state index contributed by atoms with van der Waals surface area (Å²) in [5.74, 6) is 0.264. The fourth-order valence-corrected chi connectivity index (χ4v) is 3.14. The highest BCUT2D eigenvalue weighted by molar-refractivity contribution is 5.77. The van der Waals surface area contributed by atoms with Gasteiger partial charge in [-0.15, -0.1) is 0 Å². The predicted molar refractivity (Wildman–Crippen MR) is 73.3 cm³/mol. The molecule has 1 aromatic heterocycles. The lowest BCUT2D eigenvalue weighted by Gasteiger charge is -2.42. The van der Waals surface area contributed by atoms with E-state index in [1.165, 1.54) is 12.0 Å². The van der Waals surface area contributed by atoms with Crippen LogP contribution in [0.2, 0.25) is 0 Å². The van der Waals surface area contributed by atoms with Gasteiger partial charge in [-0.3, -0.25) is 9.78 Å². The van der Waals surface area contributed by atoms with Crippen molar-refractivity contribution < 1.29 is 4.79 Å². The first-order chi connectivity index (χ1) is 9.22. The SMILES string of the molecule is NCC1(CC(=O)N2CCc3ncccc3C2)CCC1. The second kappa shape index (κ2) is 4.93. The second-order valence-electron chi connectivity index (χ2n) is 5.91. The molecule has 0 bridgehead atoms. The normalized spacial score (nSPS) is 20.6. The van der Waals surface area contributed by atoms with Gasteiger partial charge in [0.15, 0.2) is 0 Å². The summed E-state index contributed by atoms with van der Waals surface area (Å²) in [6, 6.07) is 4.02. The molecule has 0 saturated heterocycles. The molecule has 4 heteroatoms. The fourth-order valence-electron chi connectivity index (χ4n) is 3.14. The third-order valence-electron chi connectivity index (χ3n) is 4.69. The molecule has 1 amide bonds. The van der Waals surface area contributed by atoms with Crippen LogP contribution in [0.15, 0.2) is 18.3 Å². The molecule has 0 atom stereocenters. The van der Waals surface area contributed by atoms with Crippen LogP contribution in [-0.2, 0) is 17.8 Å². The summed E-state index contributed by atoms with van der Waals surface area (Å²) in [6.45, 7) is 2.15. The molecule has 0 unspecified atom stereocenters. The molecule has 1 aromatic rings. The summed E-state index contributed by atoms with van der Waals surface area (Å²) in [5.41, 5.74) is 8.28. The molecule has 19 heavy (non-hydrogen) atoms. The maximum Gasteiger partial charge on any atom is 0.223 e. The van der Waals surface area contributed by atoms with Gasteiger partial charge in [0.1, 0.15) is 0 Å². The van der Waals surface area contributed by atoms with Crippen LogP contribution in [0.25, 0.3) is 0 Å². The van der Waals surface area contributed by atoms with Gasteiger partial charge in [0.05, 0.1) is 0 Å². The van der Waals surface area contributed by atoms with Crippen LogP contribution in [0.5, 0.6) is 0 Å². The minimum atomic E-state index is 0.103. The quantitative estimate of drug-likeness (QED) is 0.894. The van der Waals surface area contributed by atoms with E-state index in [4.69, 9.17) is 5.73 Å². The van der Waals surface area contributed by atoms with Gasteiger partial charge in [-0.25, -0.2) is 0 Å². The van der Waals surface area contributed by atoms with E-state index in [0.29, 0.717) is 19.5 Å². The third kappa shape index (κ3) is 2.37. The molecule has 2 aliphatic rings. The molecule has 0 spiro atoms. The first kappa shape index (κ1) is 12.6. The number of rotatable bonds is 3. The maximum atomic E-state index is 12.4. The molecule has 1 aliphatic heterocycles. The molecule has 4 nitrogen and oxygen atoms in total. The Labute approximate surface area is 114 Å². The zero-order valence-electron chi connectivity index (χ0n) is 11.3. The second-order valence-corrected chi connectivity index (χ2v) is 5.91. The molecule has 1 fully saturated rings. The number of aromatic nitrogens is 1. The molecule has 2 N–H and O–H groups in total. The fraction of sp³-hybridized carbons (Fsp3) is 0.600. The molecule has 3 rings (SSSR count). The Morgan fingerprint density at radius 2 is 2.32 bits per heavy atom. The Bertz CT molecular complexity index is 477. The Balaban J connectivity index is 1.66. The van der Waals surface area contributed by atoms with E-state index in [2.05, 4.69) is 11.1 Å². The highest BCUT2D eigenvalue weighted by atomic mass is 16.2. The molecule has 2 heterocycles. The number of carbonyl (C=O) groups is 1. The first-order valence-electron chi connectivity index (χ1n) is 7.13. The number of fused-ring (bicyclic) bond motifs is 1. The standard InChI is InChI=1S/C15H21N3O/c16-11-15(5-2-6-15)9-14(19)18-8-4-13-12(10-18)3-1-7-17-13/h1,3,7H,2,4-6,8-11,16H2. The third-order valence-corrected chi connectivity index (χ3v) is 4.69. The largest absolute Gasteiger partial charge is 0.338 e. The predicted octanol–water partition coefficient (Wildman–Crippen LogP) is 1.49. The van der Waals surface area contributed by atoms with Crippen molar-refractivity contribution in [2.75, 3.05) is 13.1 Å². The van der Waals surface area contributed by atoms with E-state index in [0.717, 1.165) is 31.5 Å². The van der Waals surface area contributed by atoms with Crippen LogP contribution in [0.1, 0.15) is 36.9 Å². The van der Waals surface area contributed by atoms with Crippen molar-refractivity contribution >= 4 is 5.91 Å². The highest BCUT2D eigenvalue weighted by Crippen LogP contribution is 2.43. The van der Waals surface area contributed by atoms with Gasteiger partial charge in [0.2, 0.25) is 5.91 Å². The number of pyridine rings is 1. The van der Waals surface area contributed by atoms with Crippen LogP contribution >= 0.6 is 0 Å². The van der Waals surface area contributed by atoms with Crippen molar-refractivity contribution in [3.63, 3.8) is 0 Å². The van der Waals surface area contributed by atoms with Gasteiger partial charge >= 0.3 is 0 Å². The number of amides is 1. The molecule has 1 aliphatic carbocycles. The molecule has 1 saturated carbocycles. The van der Waals surface area contributed by atoms with Gasteiger partial charge in [-0.1, -0.05) is 12.5 Å². The first-order valence-corrected chi connectivity index (χ1v) is 7.13. The summed E-state index contributed by atoms with van der Waals surface area (Å²) in [7, 11) is 0. The van der Waals surface area contributed by atoms with Gasteiger partial charge in [0.25, 0.3) is 0 Å². The molecular weight excluding hydrogens is 238 g/mol. The van der Waals surface area contributed by atoms with Crippen molar-refractivity contribution in [1.82, 2.24) is 9.88 Å². The minimum Gasteiger partial charge on any atom is -0.338 e. The van der Waals surface area contributed by atoms with E-state index in [1.807, 2.05) is 17.2 Å². The average molecular weight is 259 g/mol. The molecule has 0 radical (unpaired) electrons. The monoisotopic (exact) mass is 259 g/mol. The van der Waals surface area contributed by atoms with E-state index < -0.39 is 0 Å². The van der Waals surface area contributed by atoms with Crippen molar-refractivity contribution in [3.8, 4) is 0 Å². The number of nitrogens with zero attached hydrogens (tertiary/aromatic N) is 2. The number of carbonyl (C=O) groups excluding carboxylic acids is 1. The van der Waals surface area contributed by atoms with E-state index in [1.54, 1.807) is 0 Å². The minimum absolute atomic E-state index is 0.103. The van der Waals surface area contributed by atoms with Crippen LogP contribution < -0.4 is 5.73 Å². The van der Waals surface area contributed by atoms with E-state index in [-0.39, 0.29) is 11.3 Å². The Morgan fingerprint density at radius 1 is 1.47 bits per heavy atom. The summed E-state index contributed by atoms with van der Waals surface area (Å²) in [5, 5.41) is 0. The van der Waals surface area contributed by atoms with Crippen molar-refractivity contribution in [1.29, 1.82) is 0 Å². The zero-order chi connectivity index (χ0) is 13.3. The lowest BCUT2D eigenvalue weighted by atomic mass is 9.66. The summed E-state index contributed by atoms with van der Waals surface area (Å²) in [4.78, 5) is 18.8. The molecule has 0 aromatic carbocycles. The average Bonchev–Trinajstić information content (AvgIpc) is 2.42. The lowest BCUT2D eigenvalue weighted by Crippen LogP contribution is -2.44. The number of nitrogens with two attached hydrogens (primary N) is 1. The van der Waals surface area contributed by atoms with Crippen LogP contribution in [-0.4, -0.2) is 28.9 Å². The van der Waals surface area contributed by atoms with Crippen molar-refractivity contribution in [2.45, 2.75) is 38.6 Å². The summed E-state index contributed by atoms with van der Waals surface area (Å²) >= 11 is 0. The van der Waals surface area contributed by atoms with Crippen molar-refractivity contribution in [3.05, 3.63) is 29.6 Å². The smallest absolute Gasteiger partial charge is 0.223 e. The van der Waals surface area contributed by atoms with Crippen LogP contribution in [0.3, 0.4) is 0 Å². The topological polar surface area (TPSA) is 59.2 Å². The highest BCUT2D eigenvalue weighted by Gasteiger charge is 2.38. The molecular formula is C15H21N3O. The van der Waals surface area contributed by atoms with E-state index in [9.17, 15) is 4.79 Å². The number of hydrogen-bond acceptors (Lipinski definition) is 3. The van der Waals surface area contributed by atoms with Gasteiger partial charge in [-0.2, -0.15) is 0 Å². The van der Waals surface area contributed by atoms with Crippen LogP contribution in [0, 0.1) is 5.41 Å². The van der Waals surface area contributed by atoms with E-state index >= 15 is 0 Å². The Morgan fingerprint density at radius 3 is 3.00 bits per heavy atom. The van der Waals surface area contributed by atoms with Crippen molar-refractivity contribution in [2.24, 2.45) is 11.1 Å². The Hall–Kier alpha value is -1.42. The van der Waals surface area contributed by atoms with Crippen LogP contribution in [0.4, 0.5) is 0 Å². The zero-order valence-corrected chi connectivity index (χ0v) is 11.3. The maximum absolute atomic E-state index is 12.4. The van der Waals surface area contributed by atoms with Gasteiger partial charge < -0.3 is 10.6 Å². The number of hydrogen-bond donors (Lipinski definition) is 1. The van der Waals surface area contributed by atoms with Gasteiger partial charge in [-0.05, 0) is 36.4 Å².